The van der Waals surface area contributed by atoms with Gasteiger partial charge in [0.1, 0.15) is 5.69 Å². The summed E-state index contributed by atoms with van der Waals surface area (Å²) in [6.07, 6.45) is 0.803. The van der Waals surface area contributed by atoms with E-state index in [9.17, 15) is 14.9 Å². The fourth-order valence-corrected chi connectivity index (χ4v) is 1.67. The van der Waals surface area contributed by atoms with Crippen LogP contribution in [0, 0.1) is 10.1 Å². The molecule has 0 saturated carbocycles. The quantitative estimate of drug-likeness (QED) is 0.361. The van der Waals surface area contributed by atoms with Gasteiger partial charge in [0.2, 0.25) is 0 Å². The largest absolute Gasteiger partial charge is 0.466 e. The van der Waals surface area contributed by atoms with E-state index in [1.54, 1.807) is 6.92 Å². The molecule has 0 saturated heterocycles. The molecule has 0 aromatic heterocycles. The molecule has 0 heterocycles. The van der Waals surface area contributed by atoms with Crippen LogP contribution in [0.5, 0.6) is 0 Å². The number of hydrogen-bond donors (Lipinski definition) is 1. The Morgan fingerprint density at radius 1 is 1.53 bits per heavy atom. The maximum absolute atomic E-state index is 11.1. The number of carbonyl (C=O) groups excluding carboxylic acids is 1. The number of nitro benzene ring substituents is 1. The fourth-order valence-electron chi connectivity index (χ4n) is 1.50. The third-order valence-corrected chi connectivity index (χ3v) is 2.57. The zero-order valence-corrected chi connectivity index (χ0v) is 11.3. The molecule has 19 heavy (non-hydrogen) atoms. The Hall–Kier alpha value is -1.82. The molecule has 1 aromatic rings. The molecule has 104 valence electrons. The van der Waals surface area contributed by atoms with E-state index in [0.29, 0.717) is 30.3 Å². The fraction of sp³-hybridized carbons (Fsp3) is 0.417. The second kappa shape index (κ2) is 7.58. The van der Waals surface area contributed by atoms with E-state index in [1.807, 2.05) is 0 Å². The summed E-state index contributed by atoms with van der Waals surface area (Å²) in [4.78, 5) is 21.4. The third kappa shape index (κ3) is 5.13. The van der Waals surface area contributed by atoms with Crippen molar-refractivity contribution >= 4 is 28.9 Å². The van der Waals surface area contributed by atoms with Crippen LogP contribution < -0.4 is 5.32 Å². The van der Waals surface area contributed by atoms with Crippen LogP contribution in [0.2, 0.25) is 5.02 Å². The molecule has 0 fully saturated rings. The van der Waals surface area contributed by atoms with Gasteiger partial charge in [-0.05, 0) is 25.5 Å². The first-order valence-corrected chi connectivity index (χ1v) is 6.25. The number of nitrogens with one attached hydrogen (secondary N) is 1. The average molecular weight is 287 g/mol. The third-order valence-electron chi connectivity index (χ3n) is 2.33. The molecule has 0 bridgehead atoms. The van der Waals surface area contributed by atoms with Gasteiger partial charge in [-0.2, -0.15) is 0 Å². The molecule has 0 aliphatic rings. The Balaban J connectivity index is 2.51. The van der Waals surface area contributed by atoms with Gasteiger partial charge in [-0.3, -0.25) is 14.9 Å². The SMILES string of the molecule is CCOC(=O)CCCNc1cc(Cl)ccc1[N+](=O)[O-]. The maximum atomic E-state index is 11.1. The predicted molar refractivity (Wildman–Crippen MR) is 72.5 cm³/mol. The number of nitrogens with zero attached hydrogens (tertiary/aromatic N) is 1. The summed E-state index contributed by atoms with van der Waals surface area (Å²) in [5.74, 6) is -0.273. The van der Waals surface area contributed by atoms with E-state index < -0.39 is 4.92 Å². The molecule has 0 aliphatic carbocycles. The zero-order chi connectivity index (χ0) is 14.3. The topological polar surface area (TPSA) is 81.5 Å². The van der Waals surface area contributed by atoms with Gasteiger partial charge in [0.25, 0.3) is 5.69 Å². The van der Waals surface area contributed by atoms with Gasteiger partial charge in [-0.25, -0.2) is 0 Å². The molecule has 0 radical (unpaired) electrons. The van der Waals surface area contributed by atoms with Crippen LogP contribution in [-0.2, 0) is 9.53 Å². The van der Waals surface area contributed by atoms with Gasteiger partial charge in [-0.1, -0.05) is 11.6 Å². The second-order valence-corrected chi connectivity index (χ2v) is 4.19. The molecule has 6 nitrogen and oxygen atoms in total. The van der Waals surface area contributed by atoms with Gasteiger partial charge in [-0.15, -0.1) is 0 Å². The highest BCUT2D eigenvalue weighted by atomic mass is 35.5. The van der Waals surface area contributed by atoms with Gasteiger partial charge < -0.3 is 10.1 Å². The second-order valence-electron chi connectivity index (χ2n) is 3.75. The molecular weight excluding hydrogens is 272 g/mol. The number of carbonyl (C=O) groups is 1. The first-order valence-electron chi connectivity index (χ1n) is 5.88. The Morgan fingerprint density at radius 2 is 2.26 bits per heavy atom. The summed E-state index contributed by atoms with van der Waals surface area (Å²) in [5, 5.41) is 14.1. The van der Waals surface area contributed by atoms with Crippen LogP contribution in [0.25, 0.3) is 0 Å². The van der Waals surface area contributed by atoms with E-state index >= 15 is 0 Å². The summed E-state index contributed by atoms with van der Waals surface area (Å²) in [7, 11) is 0. The minimum atomic E-state index is -0.482. The molecule has 0 aliphatic heterocycles. The van der Waals surface area contributed by atoms with Gasteiger partial charge in [0.15, 0.2) is 0 Å². The Morgan fingerprint density at radius 3 is 2.89 bits per heavy atom. The van der Waals surface area contributed by atoms with Crippen LogP contribution in [0.15, 0.2) is 18.2 Å². The molecule has 0 amide bonds. The molecule has 1 N–H and O–H groups in total. The molecule has 0 atom stereocenters. The van der Waals surface area contributed by atoms with E-state index in [0.717, 1.165) is 0 Å². The van der Waals surface area contributed by atoms with E-state index in [2.05, 4.69) is 5.32 Å². The van der Waals surface area contributed by atoms with Crippen molar-refractivity contribution in [3.63, 3.8) is 0 Å². The molecule has 7 heteroatoms. The van der Waals surface area contributed by atoms with E-state index in [-0.39, 0.29) is 18.1 Å². The Labute approximate surface area is 115 Å². The van der Waals surface area contributed by atoms with E-state index in [4.69, 9.17) is 16.3 Å². The average Bonchev–Trinajstić information content (AvgIpc) is 2.34. The van der Waals surface area contributed by atoms with Crippen molar-refractivity contribution in [2.24, 2.45) is 0 Å². The number of anilines is 1. The van der Waals surface area contributed by atoms with Crippen molar-refractivity contribution in [1.82, 2.24) is 0 Å². The lowest BCUT2D eigenvalue weighted by molar-refractivity contribution is -0.384. The van der Waals surface area contributed by atoms with Gasteiger partial charge >= 0.3 is 5.97 Å². The summed E-state index contributed by atoms with van der Waals surface area (Å²) in [6, 6.07) is 4.30. The number of nitro groups is 1. The summed E-state index contributed by atoms with van der Waals surface area (Å²) in [5.41, 5.74) is 0.307. The maximum Gasteiger partial charge on any atom is 0.305 e. The van der Waals surface area contributed by atoms with Crippen LogP contribution in [-0.4, -0.2) is 24.0 Å². The zero-order valence-electron chi connectivity index (χ0n) is 10.5. The number of hydrogen-bond acceptors (Lipinski definition) is 5. The van der Waals surface area contributed by atoms with Crippen molar-refractivity contribution in [2.75, 3.05) is 18.5 Å². The van der Waals surface area contributed by atoms with Crippen LogP contribution in [0.4, 0.5) is 11.4 Å². The van der Waals surface area contributed by atoms with Crippen molar-refractivity contribution in [1.29, 1.82) is 0 Å². The molecule has 1 aromatic carbocycles. The molecule has 0 spiro atoms. The monoisotopic (exact) mass is 286 g/mol. The lowest BCUT2D eigenvalue weighted by Gasteiger charge is -2.07. The highest BCUT2D eigenvalue weighted by molar-refractivity contribution is 6.31. The Kier molecular flexibility index (Phi) is 6.08. The van der Waals surface area contributed by atoms with Crippen LogP contribution in [0.1, 0.15) is 19.8 Å². The highest BCUT2D eigenvalue weighted by Crippen LogP contribution is 2.27. The van der Waals surface area contributed by atoms with Crippen molar-refractivity contribution in [3.8, 4) is 0 Å². The first-order chi connectivity index (χ1) is 9.04. The van der Waals surface area contributed by atoms with Crippen molar-refractivity contribution in [3.05, 3.63) is 33.3 Å². The minimum Gasteiger partial charge on any atom is -0.466 e. The normalized spacial score (nSPS) is 10.0. The number of rotatable bonds is 7. The van der Waals surface area contributed by atoms with Crippen molar-refractivity contribution < 1.29 is 14.5 Å². The number of ether oxygens (including phenoxy) is 1. The van der Waals surface area contributed by atoms with Crippen LogP contribution >= 0.6 is 11.6 Å². The molecule has 1 rings (SSSR count). The standard InChI is InChI=1S/C12H15ClN2O4/c1-2-19-12(16)4-3-7-14-10-8-9(13)5-6-11(10)15(17)18/h5-6,8,14H,2-4,7H2,1H3. The summed E-state index contributed by atoms with van der Waals surface area (Å²) < 4.78 is 4.78. The number of halogens is 1. The highest BCUT2D eigenvalue weighted by Gasteiger charge is 2.13. The predicted octanol–water partition coefficient (Wildman–Crippen LogP) is 3.00. The first kappa shape index (κ1) is 15.2. The van der Waals surface area contributed by atoms with Crippen LogP contribution in [0.3, 0.4) is 0 Å². The summed E-state index contributed by atoms with van der Waals surface area (Å²) in [6.45, 7) is 2.53. The van der Waals surface area contributed by atoms with Gasteiger partial charge in [0, 0.05) is 24.1 Å². The summed E-state index contributed by atoms with van der Waals surface area (Å²) >= 11 is 5.79. The Bertz CT molecular complexity index is 465. The van der Waals surface area contributed by atoms with Gasteiger partial charge in [0.05, 0.1) is 11.5 Å². The van der Waals surface area contributed by atoms with Crippen molar-refractivity contribution in [2.45, 2.75) is 19.8 Å². The lowest BCUT2D eigenvalue weighted by atomic mass is 10.2. The molecule has 0 unspecified atom stereocenters. The lowest BCUT2D eigenvalue weighted by Crippen LogP contribution is -2.09. The number of benzene rings is 1. The number of esters is 1. The molecular formula is C12H15ClN2O4. The minimum absolute atomic E-state index is 0.0412. The smallest absolute Gasteiger partial charge is 0.305 e. The van der Waals surface area contributed by atoms with E-state index in [1.165, 1.54) is 18.2 Å².